The molecule has 29 heavy (non-hydrogen) atoms. The maximum atomic E-state index is 12.5. The summed E-state index contributed by atoms with van der Waals surface area (Å²) in [6, 6.07) is 13.9. The normalized spacial score (nSPS) is 16.5. The number of benzene rings is 2. The molecule has 0 radical (unpaired) electrons. The van der Waals surface area contributed by atoms with Gasteiger partial charge >= 0.3 is 0 Å². The van der Waals surface area contributed by atoms with Crippen LogP contribution in [0.5, 0.6) is 5.75 Å². The Kier molecular flexibility index (Phi) is 7.24. The van der Waals surface area contributed by atoms with Crippen molar-refractivity contribution in [1.82, 2.24) is 10.0 Å². The zero-order valence-electron chi connectivity index (χ0n) is 16.4. The molecule has 1 heterocycles. The minimum Gasteiger partial charge on any atom is -0.484 e. The van der Waals surface area contributed by atoms with E-state index in [4.69, 9.17) is 9.47 Å². The van der Waals surface area contributed by atoms with E-state index in [0.29, 0.717) is 17.9 Å². The van der Waals surface area contributed by atoms with Crippen molar-refractivity contribution in [3.63, 3.8) is 0 Å². The van der Waals surface area contributed by atoms with Crippen LogP contribution >= 0.6 is 0 Å². The highest BCUT2D eigenvalue weighted by molar-refractivity contribution is 7.89. The first-order valence-corrected chi connectivity index (χ1v) is 11.1. The van der Waals surface area contributed by atoms with E-state index in [1.165, 1.54) is 12.1 Å². The lowest BCUT2D eigenvalue weighted by atomic mass is 10.2. The number of nitrogens with one attached hydrogen (secondary N) is 2. The lowest BCUT2D eigenvalue weighted by molar-refractivity contribution is -0.123. The molecule has 1 atom stereocenters. The number of rotatable bonds is 9. The number of amides is 1. The Morgan fingerprint density at radius 2 is 2.00 bits per heavy atom. The predicted octanol–water partition coefficient (Wildman–Crippen LogP) is 2.15. The summed E-state index contributed by atoms with van der Waals surface area (Å²) in [4.78, 5) is 12.1. The SMILES string of the molecule is Cc1cc(S(=O)(=O)NCc2ccccc2)ccc1OCC(=O)NC[C@@H]1CCCO1. The summed E-state index contributed by atoms with van der Waals surface area (Å²) < 4.78 is 38.6. The van der Waals surface area contributed by atoms with Crippen LogP contribution in [0.25, 0.3) is 0 Å². The van der Waals surface area contributed by atoms with Crippen molar-refractivity contribution >= 4 is 15.9 Å². The second kappa shape index (κ2) is 9.87. The average Bonchev–Trinajstić information content (AvgIpc) is 3.24. The quantitative estimate of drug-likeness (QED) is 0.651. The summed E-state index contributed by atoms with van der Waals surface area (Å²) in [6.07, 6.45) is 2.05. The first-order valence-electron chi connectivity index (χ1n) is 9.59. The van der Waals surface area contributed by atoms with Gasteiger partial charge in [0.15, 0.2) is 6.61 Å². The van der Waals surface area contributed by atoms with Gasteiger partial charge in [-0.25, -0.2) is 13.1 Å². The Bertz CT molecular complexity index is 925. The number of carbonyl (C=O) groups is 1. The maximum Gasteiger partial charge on any atom is 0.258 e. The van der Waals surface area contributed by atoms with Crippen LogP contribution in [-0.4, -0.2) is 40.2 Å². The topological polar surface area (TPSA) is 93.7 Å². The Labute approximate surface area is 171 Å². The molecule has 2 N–H and O–H groups in total. The van der Waals surface area contributed by atoms with Crippen LogP contribution in [0.4, 0.5) is 0 Å². The molecule has 1 fully saturated rings. The highest BCUT2D eigenvalue weighted by Gasteiger charge is 2.17. The van der Waals surface area contributed by atoms with Crippen LogP contribution in [0.2, 0.25) is 0 Å². The Balaban J connectivity index is 1.52. The molecular weight excluding hydrogens is 392 g/mol. The van der Waals surface area contributed by atoms with Crippen LogP contribution in [-0.2, 0) is 26.1 Å². The third-order valence-corrected chi connectivity index (χ3v) is 6.07. The zero-order chi connectivity index (χ0) is 20.7. The highest BCUT2D eigenvalue weighted by atomic mass is 32.2. The van der Waals surface area contributed by atoms with Gasteiger partial charge in [0.1, 0.15) is 5.75 Å². The fourth-order valence-electron chi connectivity index (χ4n) is 3.04. The van der Waals surface area contributed by atoms with Gasteiger partial charge in [-0.05, 0) is 49.1 Å². The Hall–Kier alpha value is -2.42. The van der Waals surface area contributed by atoms with Gasteiger partial charge in [-0.15, -0.1) is 0 Å². The smallest absolute Gasteiger partial charge is 0.258 e. The number of hydrogen-bond donors (Lipinski definition) is 2. The molecule has 0 bridgehead atoms. The summed E-state index contributed by atoms with van der Waals surface area (Å²) in [5, 5.41) is 2.79. The summed E-state index contributed by atoms with van der Waals surface area (Å²) >= 11 is 0. The number of ether oxygens (including phenoxy) is 2. The molecule has 2 aromatic carbocycles. The first kappa shape index (κ1) is 21.3. The summed E-state index contributed by atoms with van der Waals surface area (Å²) in [5.41, 5.74) is 1.52. The third-order valence-electron chi connectivity index (χ3n) is 4.68. The number of hydrogen-bond acceptors (Lipinski definition) is 5. The van der Waals surface area contributed by atoms with Crippen molar-refractivity contribution < 1.29 is 22.7 Å². The van der Waals surface area contributed by atoms with Crippen LogP contribution in [0.15, 0.2) is 53.4 Å². The second-order valence-electron chi connectivity index (χ2n) is 6.97. The van der Waals surface area contributed by atoms with E-state index in [2.05, 4.69) is 10.0 Å². The largest absolute Gasteiger partial charge is 0.484 e. The first-order chi connectivity index (χ1) is 13.9. The summed E-state index contributed by atoms with van der Waals surface area (Å²) in [6.45, 7) is 3.05. The molecule has 0 aromatic heterocycles. The second-order valence-corrected chi connectivity index (χ2v) is 8.73. The van der Waals surface area contributed by atoms with E-state index in [0.717, 1.165) is 25.0 Å². The minimum atomic E-state index is -3.65. The van der Waals surface area contributed by atoms with E-state index in [9.17, 15) is 13.2 Å². The molecule has 0 unspecified atom stereocenters. The van der Waals surface area contributed by atoms with E-state index in [-0.39, 0.29) is 30.1 Å². The van der Waals surface area contributed by atoms with Crippen molar-refractivity contribution in [2.45, 2.75) is 37.3 Å². The van der Waals surface area contributed by atoms with Crippen LogP contribution in [0, 0.1) is 6.92 Å². The van der Waals surface area contributed by atoms with E-state index >= 15 is 0 Å². The van der Waals surface area contributed by atoms with Crippen molar-refractivity contribution in [2.75, 3.05) is 19.8 Å². The summed E-state index contributed by atoms with van der Waals surface area (Å²) in [5.74, 6) is 0.236. The van der Waals surface area contributed by atoms with Crippen molar-refractivity contribution in [1.29, 1.82) is 0 Å². The molecule has 3 rings (SSSR count). The number of aryl methyl sites for hydroxylation is 1. The van der Waals surface area contributed by atoms with E-state index < -0.39 is 10.0 Å². The van der Waals surface area contributed by atoms with Gasteiger partial charge in [-0.2, -0.15) is 0 Å². The van der Waals surface area contributed by atoms with Crippen molar-refractivity contribution in [2.24, 2.45) is 0 Å². The fourth-order valence-corrected chi connectivity index (χ4v) is 4.14. The molecule has 8 heteroatoms. The van der Waals surface area contributed by atoms with Crippen molar-refractivity contribution in [3.8, 4) is 5.75 Å². The predicted molar refractivity (Wildman–Crippen MR) is 109 cm³/mol. The molecule has 1 aliphatic rings. The molecule has 0 saturated carbocycles. The van der Waals surface area contributed by atoms with Gasteiger partial charge in [0, 0.05) is 19.7 Å². The molecule has 7 nitrogen and oxygen atoms in total. The summed E-state index contributed by atoms with van der Waals surface area (Å²) in [7, 11) is -3.65. The molecule has 1 saturated heterocycles. The van der Waals surface area contributed by atoms with Gasteiger partial charge in [-0.3, -0.25) is 4.79 Å². The standard InChI is InChI=1S/C21H26N2O5S/c1-16-12-19(29(25,26)23-13-17-6-3-2-4-7-17)9-10-20(16)28-15-21(24)22-14-18-8-5-11-27-18/h2-4,6-7,9-10,12,18,23H,5,8,11,13-15H2,1H3,(H,22,24)/t18-/m0/s1. The molecule has 0 spiro atoms. The van der Waals surface area contributed by atoms with E-state index in [1.807, 2.05) is 30.3 Å². The fraction of sp³-hybridized carbons (Fsp3) is 0.381. The highest BCUT2D eigenvalue weighted by Crippen LogP contribution is 2.22. The molecule has 1 amide bonds. The number of sulfonamides is 1. The molecule has 2 aromatic rings. The van der Waals surface area contributed by atoms with Gasteiger partial charge < -0.3 is 14.8 Å². The molecule has 156 valence electrons. The monoisotopic (exact) mass is 418 g/mol. The lowest BCUT2D eigenvalue weighted by Crippen LogP contribution is -2.35. The third kappa shape index (κ3) is 6.28. The molecule has 0 aliphatic carbocycles. The van der Waals surface area contributed by atoms with Gasteiger partial charge in [0.25, 0.3) is 5.91 Å². The van der Waals surface area contributed by atoms with Gasteiger partial charge in [0.05, 0.1) is 11.0 Å². The molecule has 1 aliphatic heterocycles. The van der Waals surface area contributed by atoms with Crippen LogP contribution in [0.3, 0.4) is 0 Å². The maximum absolute atomic E-state index is 12.5. The Morgan fingerprint density at radius 3 is 2.69 bits per heavy atom. The Morgan fingerprint density at radius 1 is 1.21 bits per heavy atom. The average molecular weight is 419 g/mol. The van der Waals surface area contributed by atoms with Gasteiger partial charge in [0.2, 0.25) is 10.0 Å². The van der Waals surface area contributed by atoms with Crippen LogP contribution in [0.1, 0.15) is 24.0 Å². The zero-order valence-corrected chi connectivity index (χ0v) is 17.2. The lowest BCUT2D eigenvalue weighted by Gasteiger charge is -2.13. The number of carbonyl (C=O) groups excluding carboxylic acids is 1. The molecular formula is C21H26N2O5S. The van der Waals surface area contributed by atoms with Crippen molar-refractivity contribution in [3.05, 3.63) is 59.7 Å². The minimum absolute atomic E-state index is 0.0774. The van der Waals surface area contributed by atoms with Crippen LogP contribution < -0.4 is 14.8 Å². The van der Waals surface area contributed by atoms with Gasteiger partial charge in [-0.1, -0.05) is 30.3 Å². The van der Waals surface area contributed by atoms with E-state index in [1.54, 1.807) is 13.0 Å².